The summed E-state index contributed by atoms with van der Waals surface area (Å²) in [4.78, 5) is 0. The van der Waals surface area contributed by atoms with Gasteiger partial charge in [-0.05, 0) is 23.3 Å². The van der Waals surface area contributed by atoms with Crippen LogP contribution in [0.25, 0.3) is 21.2 Å². The summed E-state index contributed by atoms with van der Waals surface area (Å²) in [5, 5.41) is 1.75. The Bertz CT molecular complexity index is 671. The molecule has 1 aromatic heterocycles. The summed E-state index contributed by atoms with van der Waals surface area (Å²) in [6.45, 7) is 0. The summed E-state index contributed by atoms with van der Waals surface area (Å²) >= 11 is 1.54. The molecule has 0 atom stereocenters. The highest BCUT2D eigenvalue weighted by atomic mass is 32.1. The van der Waals surface area contributed by atoms with Gasteiger partial charge in [-0.25, -0.2) is 0 Å². The van der Waals surface area contributed by atoms with Crippen molar-refractivity contribution in [1.82, 2.24) is 0 Å². The van der Waals surface area contributed by atoms with E-state index >= 15 is 0 Å². The molecule has 0 saturated heterocycles. The van der Waals surface area contributed by atoms with Crippen LogP contribution in [0.4, 0.5) is 10.7 Å². The van der Waals surface area contributed by atoms with Crippen LogP contribution in [0.3, 0.4) is 0 Å². The number of fused-ring (bicyclic) bond motifs is 1. The maximum atomic E-state index is 5.97. The Kier molecular flexibility index (Phi) is 2.27. The van der Waals surface area contributed by atoms with E-state index in [1.165, 1.54) is 22.5 Å². The van der Waals surface area contributed by atoms with E-state index in [0.29, 0.717) is 10.7 Å². The molecule has 3 heteroatoms. The first kappa shape index (κ1) is 10.2. The van der Waals surface area contributed by atoms with Crippen molar-refractivity contribution in [3.63, 3.8) is 0 Å². The van der Waals surface area contributed by atoms with Crippen LogP contribution in [0, 0.1) is 0 Å². The summed E-state index contributed by atoms with van der Waals surface area (Å²) in [6, 6.07) is 16.5. The second kappa shape index (κ2) is 3.79. The Morgan fingerprint density at radius 3 is 2.35 bits per heavy atom. The summed E-state index contributed by atoms with van der Waals surface area (Å²) in [6.07, 6.45) is 0. The molecule has 0 unspecified atom stereocenters. The summed E-state index contributed by atoms with van der Waals surface area (Å²) in [7, 11) is 0. The third-order valence-corrected chi connectivity index (χ3v) is 3.88. The van der Waals surface area contributed by atoms with Gasteiger partial charge in [0.25, 0.3) is 0 Å². The quantitative estimate of drug-likeness (QED) is 0.681. The lowest BCUT2D eigenvalue weighted by molar-refractivity contribution is 1.65. The molecular formula is C14H12N2S. The van der Waals surface area contributed by atoms with Crippen LogP contribution in [0.1, 0.15) is 0 Å². The molecule has 0 amide bonds. The van der Waals surface area contributed by atoms with Gasteiger partial charge in [-0.1, -0.05) is 36.4 Å². The summed E-state index contributed by atoms with van der Waals surface area (Å²) < 4.78 is 1.14. The number of hydrogen-bond acceptors (Lipinski definition) is 3. The van der Waals surface area contributed by atoms with Gasteiger partial charge in [0, 0.05) is 10.1 Å². The van der Waals surface area contributed by atoms with Crippen molar-refractivity contribution in [3.05, 3.63) is 48.5 Å². The van der Waals surface area contributed by atoms with Gasteiger partial charge in [-0.3, -0.25) is 0 Å². The molecule has 2 aromatic carbocycles. The lowest BCUT2D eigenvalue weighted by atomic mass is 10.0. The maximum Gasteiger partial charge on any atom is 0.110 e. The van der Waals surface area contributed by atoms with E-state index < -0.39 is 0 Å². The minimum atomic E-state index is 0.697. The normalized spacial score (nSPS) is 10.8. The van der Waals surface area contributed by atoms with Crippen molar-refractivity contribution in [2.45, 2.75) is 0 Å². The van der Waals surface area contributed by atoms with E-state index in [4.69, 9.17) is 11.5 Å². The zero-order valence-electron chi connectivity index (χ0n) is 9.18. The molecule has 0 bridgehead atoms. The fourth-order valence-corrected chi connectivity index (χ4v) is 2.82. The average molecular weight is 240 g/mol. The van der Waals surface area contributed by atoms with E-state index in [9.17, 15) is 0 Å². The van der Waals surface area contributed by atoms with Crippen LogP contribution in [0.15, 0.2) is 48.5 Å². The van der Waals surface area contributed by atoms with E-state index in [2.05, 4.69) is 30.3 Å². The van der Waals surface area contributed by atoms with E-state index in [1.54, 1.807) is 0 Å². The zero-order chi connectivity index (χ0) is 11.8. The van der Waals surface area contributed by atoms with Crippen molar-refractivity contribution < 1.29 is 0 Å². The third kappa shape index (κ3) is 1.65. The second-order valence-corrected chi connectivity index (χ2v) is 5.04. The number of nitrogens with two attached hydrogens (primary N) is 2. The number of hydrogen-bond donors (Lipinski definition) is 2. The number of anilines is 2. The predicted octanol–water partition coefficient (Wildman–Crippen LogP) is 3.73. The largest absolute Gasteiger partial charge is 0.396 e. The molecule has 0 aliphatic carbocycles. The lowest BCUT2D eigenvalue weighted by Crippen LogP contribution is -1.88. The first-order valence-electron chi connectivity index (χ1n) is 5.38. The van der Waals surface area contributed by atoms with Gasteiger partial charge in [0.1, 0.15) is 5.00 Å². The first-order chi connectivity index (χ1) is 8.25. The molecule has 17 heavy (non-hydrogen) atoms. The number of nitrogen functional groups attached to an aromatic ring is 2. The molecule has 0 spiro atoms. The van der Waals surface area contributed by atoms with Crippen molar-refractivity contribution in [2.24, 2.45) is 0 Å². The van der Waals surface area contributed by atoms with Gasteiger partial charge in [0.15, 0.2) is 0 Å². The fourth-order valence-electron chi connectivity index (χ4n) is 1.95. The van der Waals surface area contributed by atoms with E-state index in [0.717, 1.165) is 10.1 Å². The number of rotatable bonds is 1. The second-order valence-electron chi connectivity index (χ2n) is 3.96. The Morgan fingerprint density at radius 1 is 0.824 bits per heavy atom. The highest BCUT2D eigenvalue weighted by molar-refractivity contribution is 7.23. The van der Waals surface area contributed by atoms with Crippen molar-refractivity contribution >= 4 is 32.1 Å². The molecule has 4 N–H and O–H groups in total. The molecule has 0 radical (unpaired) electrons. The van der Waals surface area contributed by atoms with Crippen LogP contribution in [-0.4, -0.2) is 0 Å². The van der Waals surface area contributed by atoms with E-state index in [1.807, 2.05) is 18.2 Å². The first-order valence-corrected chi connectivity index (χ1v) is 6.20. The molecule has 2 nitrogen and oxygen atoms in total. The van der Waals surface area contributed by atoms with Crippen LogP contribution >= 0.6 is 11.3 Å². The van der Waals surface area contributed by atoms with Gasteiger partial charge < -0.3 is 11.5 Å². The number of benzene rings is 2. The summed E-state index contributed by atoms with van der Waals surface area (Å²) in [5.41, 5.74) is 14.9. The van der Waals surface area contributed by atoms with Gasteiger partial charge in [0.05, 0.1) is 5.69 Å². The molecule has 0 aliphatic rings. The molecular weight excluding hydrogens is 228 g/mol. The van der Waals surface area contributed by atoms with Gasteiger partial charge in [0.2, 0.25) is 0 Å². The standard InChI is InChI=1S/C14H12N2S/c15-13-11-8-10(9-4-2-1-3-5-9)6-7-12(11)17-14(13)16/h1-8H,15-16H2. The minimum Gasteiger partial charge on any atom is -0.396 e. The Labute approximate surface area is 103 Å². The minimum absolute atomic E-state index is 0.697. The molecule has 0 aliphatic heterocycles. The highest BCUT2D eigenvalue weighted by Gasteiger charge is 2.07. The fraction of sp³-hybridized carbons (Fsp3) is 0. The van der Waals surface area contributed by atoms with Crippen LogP contribution in [-0.2, 0) is 0 Å². The van der Waals surface area contributed by atoms with E-state index in [-0.39, 0.29) is 0 Å². The van der Waals surface area contributed by atoms with Gasteiger partial charge in [-0.2, -0.15) is 0 Å². The smallest absolute Gasteiger partial charge is 0.110 e. The van der Waals surface area contributed by atoms with Gasteiger partial charge >= 0.3 is 0 Å². The van der Waals surface area contributed by atoms with Gasteiger partial charge in [-0.15, -0.1) is 11.3 Å². The molecule has 1 heterocycles. The Balaban J connectivity index is 2.23. The average Bonchev–Trinajstić information content (AvgIpc) is 2.66. The van der Waals surface area contributed by atoms with Crippen LogP contribution < -0.4 is 11.5 Å². The predicted molar refractivity (Wildman–Crippen MR) is 76.1 cm³/mol. The zero-order valence-corrected chi connectivity index (χ0v) is 10.00. The van der Waals surface area contributed by atoms with Crippen molar-refractivity contribution in [1.29, 1.82) is 0 Å². The lowest BCUT2D eigenvalue weighted by Gasteiger charge is -2.01. The third-order valence-electron chi connectivity index (χ3n) is 2.86. The molecule has 84 valence electrons. The maximum absolute atomic E-state index is 5.97. The monoisotopic (exact) mass is 240 g/mol. The molecule has 3 aromatic rings. The highest BCUT2D eigenvalue weighted by Crippen LogP contribution is 2.37. The number of thiophene rings is 1. The van der Waals surface area contributed by atoms with Crippen LogP contribution in [0.2, 0.25) is 0 Å². The SMILES string of the molecule is Nc1sc2ccc(-c3ccccc3)cc2c1N. The summed E-state index contributed by atoms with van der Waals surface area (Å²) in [5.74, 6) is 0. The molecule has 3 rings (SSSR count). The van der Waals surface area contributed by atoms with Crippen molar-refractivity contribution in [2.75, 3.05) is 11.5 Å². The van der Waals surface area contributed by atoms with Crippen molar-refractivity contribution in [3.8, 4) is 11.1 Å². The molecule has 0 fully saturated rings. The molecule has 0 saturated carbocycles. The Hall–Kier alpha value is -2.00. The Morgan fingerprint density at radius 2 is 1.59 bits per heavy atom. The van der Waals surface area contributed by atoms with Crippen LogP contribution in [0.5, 0.6) is 0 Å². The topological polar surface area (TPSA) is 52.0 Å².